The second-order valence-electron chi connectivity index (χ2n) is 6.53. The van der Waals surface area contributed by atoms with Crippen molar-refractivity contribution in [2.24, 2.45) is 0 Å². The topological polar surface area (TPSA) is 75.7 Å². The standard InChI is InChI=1S/C19H28N2O4S/c1-4-15(2)20-19(22)11-9-16-8-10-17(25-3)18(14-16)26(23,24)21-12-6-5-7-13-21/h8-11,14-15H,4-7,12-13H2,1-3H3,(H,20,22)/b11-9+/t15-/m1/s1. The van der Waals surface area contributed by atoms with E-state index in [1.54, 1.807) is 24.3 Å². The molecule has 0 spiro atoms. The molecule has 0 bridgehead atoms. The first-order valence-electron chi connectivity index (χ1n) is 9.05. The highest BCUT2D eigenvalue weighted by Crippen LogP contribution is 2.29. The van der Waals surface area contributed by atoms with Crippen molar-refractivity contribution in [3.8, 4) is 5.75 Å². The van der Waals surface area contributed by atoms with Crippen LogP contribution in [0.4, 0.5) is 0 Å². The third-order valence-corrected chi connectivity index (χ3v) is 6.47. The second kappa shape index (κ2) is 9.19. The summed E-state index contributed by atoms with van der Waals surface area (Å²) in [5.41, 5.74) is 0.640. The zero-order valence-electron chi connectivity index (χ0n) is 15.7. The van der Waals surface area contributed by atoms with Crippen LogP contribution < -0.4 is 10.1 Å². The zero-order chi connectivity index (χ0) is 19.2. The number of hydrogen-bond donors (Lipinski definition) is 1. The summed E-state index contributed by atoms with van der Waals surface area (Å²) in [5, 5.41) is 2.84. The van der Waals surface area contributed by atoms with E-state index in [2.05, 4.69) is 5.32 Å². The Kier molecular flexibility index (Phi) is 7.23. The fourth-order valence-electron chi connectivity index (χ4n) is 2.81. The number of piperidine rings is 1. The molecule has 2 rings (SSSR count). The van der Waals surface area contributed by atoms with Crippen molar-refractivity contribution >= 4 is 22.0 Å². The number of nitrogens with zero attached hydrogens (tertiary/aromatic N) is 1. The smallest absolute Gasteiger partial charge is 0.246 e. The van der Waals surface area contributed by atoms with Crippen LogP contribution in [0.5, 0.6) is 5.75 Å². The van der Waals surface area contributed by atoms with Gasteiger partial charge in [-0.1, -0.05) is 19.4 Å². The van der Waals surface area contributed by atoms with E-state index in [0.29, 0.717) is 24.4 Å². The van der Waals surface area contributed by atoms with Crippen molar-refractivity contribution in [1.82, 2.24) is 9.62 Å². The van der Waals surface area contributed by atoms with E-state index in [1.807, 2.05) is 13.8 Å². The highest BCUT2D eigenvalue weighted by atomic mass is 32.2. The molecule has 0 saturated carbocycles. The summed E-state index contributed by atoms with van der Waals surface area (Å²) in [4.78, 5) is 12.0. The Bertz CT molecular complexity index is 753. The summed E-state index contributed by atoms with van der Waals surface area (Å²) >= 11 is 0. The van der Waals surface area contributed by atoms with Gasteiger partial charge in [0.05, 0.1) is 7.11 Å². The third kappa shape index (κ3) is 5.08. The van der Waals surface area contributed by atoms with Gasteiger partial charge in [0.2, 0.25) is 15.9 Å². The van der Waals surface area contributed by atoms with Gasteiger partial charge in [-0.2, -0.15) is 4.31 Å². The minimum absolute atomic E-state index is 0.0954. The highest BCUT2D eigenvalue weighted by Gasteiger charge is 2.28. The van der Waals surface area contributed by atoms with Crippen molar-refractivity contribution < 1.29 is 17.9 Å². The first kappa shape index (κ1) is 20.5. The van der Waals surface area contributed by atoms with Gasteiger partial charge < -0.3 is 10.1 Å². The minimum atomic E-state index is -3.61. The molecular weight excluding hydrogens is 352 g/mol. The first-order valence-corrected chi connectivity index (χ1v) is 10.5. The molecule has 7 heteroatoms. The number of benzene rings is 1. The lowest BCUT2D eigenvalue weighted by Crippen LogP contribution is -2.35. The summed E-state index contributed by atoms with van der Waals surface area (Å²) in [6.07, 6.45) is 6.68. The lowest BCUT2D eigenvalue weighted by molar-refractivity contribution is -0.117. The predicted molar refractivity (Wildman–Crippen MR) is 103 cm³/mol. The van der Waals surface area contributed by atoms with E-state index >= 15 is 0 Å². The SMILES string of the molecule is CC[C@@H](C)NC(=O)/C=C/c1ccc(OC)c(S(=O)(=O)N2CCCCC2)c1. The molecular formula is C19H28N2O4S. The maximum absolute atomic E-state index is 13.0. The van der Waals surface area contributed by atoms with Crippen LogP contribution in [-0.2, 0) is 14.8 Å². The summed E-state index contributed by atoms with van der Waals surface area (Å²) in [6.45, 7) is 4.99. The van der Waals surface area contributed by atoms with Crippen molar-refractivity contribution in [2.75, 3.05) is 20.2 Å². The number of amides is 1. The average Bonchev–Trinajstić information content (AvgIpc) is 2.66. The van der Waals surface area contributed by atoms with E-state index in [9.17, 15) is 13.2 Å². The lowest BCUT2D eigenvalue weighted by Gasteiger charge is -2.26. The fraction of sp³-hybridized carbons (Fsp3) is 0.526. The molecule has 0 radical (unpaired) electrons. The largest absolute Gasteiger partial charge is 0.495 e. The zero-order valence-corrected chi connectivity index (χ0v) is 16.5. The molecule has 1 N–H and O–H groups in total. The number of hydrogen-bond acceptors (Lipinski definition) is 4. The van der Waals surface area contributed by atoms with Crippen molar-refractivity contribution in [1.29, 1.82) is 0 Å². The van der Waals surface area contributed by atoms with Crippen molar-refractivity contribution in [2.45, 2.75) is 50.5 Å². The summed E-state index contributed by atoms with van der Waals surface area (Å²) in [7, 11) is -2.16. The molecule has 0 unspecified atom stereocenters. The van der Waals surface area contributed by atoms with Crippen molar-refractivity contribution in [3.05, 3.63) is 29.8 Å². The van der Waals surface area contributed by atoms with Gasteiger partial charge >= 0.3 is 0 Å². The fourth-order valence-corrected chi connectivity index (χ4v) is 4.52. The lowest BCUT2D eigenvalue weighted by atomic mass is 10.2. The Hall–Kier alpha value is -1.86. The molecule has 1 aromatic carbocycles. The van der Waals surface area contributed by atoms with Gasteiger partial charge in [-0.15, -0.1) is 0 Å². The number of rotatable bonds is 7. The van der Waals surface area contributed by atoms with Gasteiger partial charge in [-0.3, -0.25) is 4.79 Å². The molecule has 1 aromatic rings. The van der Waals surface area contributed by atoms with Gasteiger partial charge in [0, 0.05) is 25.2 Å². The molecule has 1 fully saturated rings. The van der Waals surface area contributed by atoms with Crippen LogP contribution in [0, 0.1) is 0 Å². The number of methoxy groups -OCH3 is 1. The molecule has 1 atom stereocenters. The maximum atomic E-state index is 13.0. The van der Waals surface area contributed by atoms with Crippen LogP contribution in [0.1, 0.15) is 45.1 Å². The van der Waals surface area contributed by atoms with Gasteiger partial charge in [0.25, 0.3) is 0 Å². The highest BCUT2D eigenvalue weighted by molar-refractivity contribution is 7.89. The molecule has 1 heterocycles. The van der Waals surface area contributed by atoms with Crippen LogP contribution in [0.2, 0.25) is 0 Å². The van der Waals surface area contributed by atoms with Gasteiger partial charge in [-0.05, 0) is 50.0 Å². The molecule has 26 heavy (non-hydrogen) atoms. The molecule has 1 amide bonds. The number of carbonyl (C=O) groups is 1. The molecule has 1 aliphatic heterocycles. The quantitative estimate of drug-likeness (QED) is 0.738. The summed E-state index contributed by atoms with van der Waals surface area (Å²) in [6, 6.07) is 5.03. The van der Waals surface area contributed by atoms with E-state index in [-0.39, 0.29) is 16.8 Å². The average molecular weight is 381 g/mol. The Morgan fingerprint density at radius 3 is 2.62 bits per heavy atom. The number of sulfonamides is 1. The molecule has 0 aromatic heterocycles. The van der Waals surface area contributed by atoms with E-state index in [4.69, 9.17) is 4.74 Å². The Morgan fingerprint density at radius 1 is 1.31 bits per heavy atom. The van der Waals surface area contributed by atoms with Crippen LogP contribution in [0.25, 0.3) is 6.08 Å². The summed E-state index contributed by atoms with van der Waals surface area (Å²) < 4.78 is 32.7. The van der Waals surface area contributed by atoms with Crippen molar-refractivity contribution in [3.63, 3.8) is 0 Å². The van der Waals surface area contributed by atoms with Gasteiger partial charge in [0.1, 0.15) is 10.6 Å². The molecule has 144 valence electrons. The van der Waals surface area contributed by atoms with Crippen LogP contribution in [0.15, 0.2) is 29.2 Å². The number of nitrogens with one attached hydrogen (secondary N) is 1. The maximum Gasteiger partial charge on any atom is 0.246 e. The number of ether oxygens (including phenoxy) is 1. The first-order chi connectivity index (χ1) is 12.4. The normalized spacial score (nSPS) is 17.2. The third-order valence-electron chi connectivity index (χ3n) is 4.55. The van der Waals surface area contributed by atoms with E-state index in [0.717, 1.165) is 25.7 Å². The predicted octanol–water partition coefficient (Wildman–Crippen LogP) is 2.80. The molecule has 6 nitrogen and oxygen atoms in total. The minimum Gasteiger partial charge on any atom is -0.495 e. The van der Waals surface area contributed by atoms with Crippen LogP contribution in [0.3, 0.4) is 0 Å². The Morgan fingerprint density at radius 2 is 2.00 bits per heavy atom. The summed E-state index contributed by atoms with van der Waals surface area (Å²) in [5.74, 6) is 0.118. The van der Waals surface area contributed by atoms with Gasteiger partial charge in [-0.25, -0.2) is 8.42 Å². The van der Waals surface area contributed by atoms with Crippen LogP contribution >= 0.6 is 0 Å². The van der Waals surface area contributed by atoms with Crippen LogP contribution in [-0.4, -0.2) is 44.9 Å². The second-order valence-corrected chi connectivity index (χ2v) is 8.43. The van der Waals surface area contributed by atoms with E-state index < -0.39 is 10.0 Å². The number of carbonyl (C=O) groups excluding carboxylic acids is 1. The Labute approximate surface area is 156 Å². The molecule has 1 saturated heterocycles. The van der Waals surface area contributed by atoms with E-state index in [1.165, 1.54) is 17.5 Å². The molecule has 1 aliphatic rings. The molecule has 0 aliphatic carbocycles. The van der Waals surface area contributed by atoms with Gasteiger partial charge in [0.15, 0.2) is 0 Å². The Balaban J connectivity index is 2.26. The monoisotopic (exact) mass is 380 g/mol.